The van der Waals surface area contributed by atoms with E-state index in [2.05, 4.69) is 14.1 Å². The van der Waals surface area contributed by atoms with Crippen LogP contribution in [-0.2, 0) is 9.53 Å². The third-order valence-corrected chi connectivity index (χ3v) is 3.50. The summed E-state index contributed by atoms with van der Waals surface area (Å²) >= 11 is 1.04. The molecule has 0 saturated carbocycles. The van der Waals surface area contributed by atoms with E-state index in [0.717, 1.165) is 17.8 Å². The minimum absolute atomic E-state index is 0.0450. The molecule has 3 aromatic rings. The van der Waals surface area contributed by atoms with Gasteiger partial charge in [-0.25, -0.2) is 9.18 Å². The Balaban J connectivity index is 1.62. The summed E-state index contributed by atoms with van der Waals surface area (Å²) in [6, 6.07) is 10.2. The van der Waals surface area contributed by atoms with Gasteiger partial charge in [0.1, 0.15) is 16.9 Å². The summed E-state index contributed by atoms with van der Waals surface area (Å²) in [6.07, 6.45) is 0. The van der Waals surface area contributed by atoms with Gasteiger partial charge in [-0.3, -0.25) is 4.79 Å². The molecule has 1 N–H and O–H groups in total. The fourth-order valence-corrected chi connectivity index (χ4v) is 2.47. The molecule has 0 saturated heterocycles. The summed E-state index contributed by atoms with van der Waals surface area (Å²) in [6.45, 7) is -0.483. The molecule has 2 aromatic carbocycles. The number of ether oxygens (including phenoxy) is 1. The van der Waals surface area contributed by atoms with E-state index in [4.69, 9.17) is 4.74 Å². The summed E-state index contributed by atoms with van der Waals surface area (Å²) in [5, 5.41) is 2.60. The van der Waals surface area contributed by atoms with Crippen LogP contribution in [0.15, 0.2) is 42.5 Å². The first-order valence-electron chi connectivity index (χ1n) is 6.57. The Kier molecular flexibility index (Phi) is 4.24. The molecule has 8 heteroatoms. The van der Waals surface area contributed by atoms with Crippen LogP contribution in [0.1, 0.15) is 10.4 Å². The van der Waals surface area contributed by atoms with Crippen molar-refractivity contribution >= 4 is 40.3 Å². The molecule has 0 aliphatic heterocycles. The molecule has 23 heavy (non-hydrogen) atoms. The van der Waals surface area contributed by atoms with Crippen molar-refractivity contribution in [2.45, 2.75) is 0 Å². The lowest BCUT2D eigenvalue weighted by Gasteiger charge is -2.07. The van der Waals surface area contributed by atoms with Gasteiger partial charge in [0.05, 0.1) is 23.0 Å². The van der Waals surface area contributed by atoms with E-state index in [1.54, 1.807) is 18.2 Å². The van der Waals surface area contributed by atoms with Crippen LogP contribution in [-0.4, -0.2) is 27.2 Å². The predicted octanol–water partition coefficient (Wildman–Crippen LogP) is 2.63. The molecular formula is C15H10FN3O3S. The van der Waals surface area contributed by atoms with Crippen molar-refractivity contribution in [3.8, 4) is 0 Å². The molecule has 3 rings (SSSR count). The standard InChI is InChI=1S/C15H10FN3O3S/c16-10-4-1-3-9(7-10)15(21)22-8-13(20)17-11-5-2-6-12-14(11)19-23-18-12/h1-7H,8H2,(H,17,20). The smallest absolute Gasteiger partial charge is 0.338 e. The van der Waals surface area contributed by atoms with Gasteiger partial charge in [0.2, 0.25) is 0 Å². The number of nitrogens with one attached hydrogen (secondary N) is 1. The molecule has 0 fully saturated rings. The maximum Gasteiger partial charge on any atom is 0.338 e. The summed E-state index contributed by atoms with van der Waals surface area (Å²) in [7, 11) is 0. The molecule has 0 radical (unpaired) electrons. The number of hydrogen-bond donors (Lipinski definition) is 1. The fraction of sp³-hybridized carbons (Fsp3) is 0.0667. The topological polar surface area (TPSA) is 81.2 Å². The number of aromatic nitrogens is 2. The maximum absolute atomic E-state index is 13.0. The van der Waals surface area contributed by atoms with Crippen molar-refractivity contribution < 1.29 is 18.7 Å². The van der Waals surface area contributed by atoms with Gasteiger partial charge in [0, 0.05) is 0 Å². The molecule has 0 aliphatic carbocycles. The lowest BCUT2D eigenvalue weighted by atomic mass is 10.2. The first-order valence-corrected chi connectivity index (χ1v) is 7.30. The van der Waals surface area contributed by atoms with E-state index >= 15 is 0 Å². The SMILES string of the molecule is O=C(COC(=O)c1cccc(F)c1)Nc1cccc2nsnc12. The van der Waals surface area contributed by atoms with Crippen molar-refractivity contribution in [3.05, 3.63) is 53.8 Å². The maximum atomic E-state index is 13.0. The molecule has 6 nitrogen and oxygen atoms in total. The van der Waals surface area contributed by atoms with Crippen LogP contribution in [0.2, 0.25) is 0 Å². The zero-order valence-corrected chi connectivity index (χ0v) is 12.5. The largest absolute Gasteiger partial charge is 0.452 e. The van der Waals surface area contributed by atoms with Gasteiger partial charge < -0.3 is 10.1 Å². The number of nitrogens with zero attached hydrogens (tertiary/aromatic N) is 2. The highest BCUT2D eigenvalue weighted by Crippen LogP contribution is 2.20. The Labute approximate surface area is 134 Å². The highest BCUT2D eigenvalue weighted by molar-refractivity contribution is 7.00. The number of carbonyl (C=O) groups is 2. The van der Waals surface area contributed by atoms with E-state index in [-0.39, 0.29) is 5.56 Å². The number of amides is 1. The third-order valence-electron chi connectivity index (χ3n) is 2.95. The molecule has 0 aliphatic rings. The normalized spacial score (nSPS) is 10.5. The van der Waals surface area contributed by atoms with Crippen LogP contribution in [0.5, 0.6) is 0 Å². The predicted molar refractivity (Wildman–Crippen MR) is 82.7 cm³/mol. The first-order chi connectivity index (χ1) is 11.1. The third kappa shape index (κ3) is 3.49. The van der Waals surface area contributed by atoms with Gasteiger partial charge in [0.15, 0.2) is 6.61 Å². The summed E-state index contributed by atoms with van der Waals surface area (Å²) in [4.78, 5) is 23.6. The zero-order chi connectivity index (χ0) is 16.2. The van der Waals surface area contributed by atoms with Crippen LogP contribution in [0, 0.1) is 5.82 Å². The van der Waals surface area contributed by atoms with Gasteiger partial charge in [-0.1, -0.05) is 12.1 Å². The summed E-state index contributed by atoms with van der Waals surface area (Å²) < 4.78 is 26.1. The number of hydrogen-bond acceptors (Lipinski definition) is 6. The number of benzene rings is 2. The second-order valence-corrected chi connectivity index (χ2v) is 5.10. The van der Waals surface area contributed by atoms with Crippen LogP contribution in [0.25, 0.3) is 11.0 Å². The van der Waals surface area contributed by atoms with Crippen molar-refractivity contribution in [2.75, 3.05) is 11.9 Å². The van der Waals surface area contributed by atoms with Crippen molar-refractivity contribution in [2.24, 2.45) is 0 Å². The lowest BCUT2D eigenvalue weighted by molar-refractivity contribution is -0.119. The van der Waals surface area contributed by atoms with Crippen molar-refractivity contribution in [1.29, 1.82) is 0 Å². The lowest BCUT2D eigenvalue weighted by Crippen LogP contribution is -2.21. The number of rotatable bonds is 4. The van der Waals surface area contributed by atoms with Crippen molar-refractivity contribution in [3.63, 3.8) is 0 Å². The van der Waals surface area contributed by atoms with Gasteiger partial charge in [-0.2, -0.15) is 8.75 Å². The molecule has 0 spiro atoms. The molecule has 0 unspecified atom stereocenters. The quantitative estimate of drug-likeness (QED) is 0.743. The second kappa shape index (κ2) is 6.49. The molecule has 1 amide bonds. The minimum atomic E-state index is -0.770. The highest BCUT2D eigenvalue weighted by Gasteiger charge is 2.12. The van der Waals surface area contributed by atoms with Crippen LogP contribution >= 0.6 is 11.7 Å². The van der Waals surface area contributed by atoms with E-state index in [0.29, 0.717) is 16.7 Å². The van der Waals surface area contributed by atoms with Gasteiger partial charge in [-0.05, 0) is 30.3 Å². The Hall–Kier alpha value is -2.87. The fourth-order valence-electron chi connectivity index (χ4n) is 1.92. The van der Waals surface area contributed by atoms with E-state index in [9.17, 15) is 14.0 Å². The van der Waals surface area contributed by atoms with Crippen LogP contribution < -0.4 is 5.32 Å². The number of fused-ring (bicyclic) bond motifs is 1. The Morgan fingerprint density at radius 2 is 2.00 bits per heavy atom. The monoisotopic (exact) mass is 331 g/mol. The van der Waals surface area contributed by atoms with Gasteiger partial charge in [0.25, 0.3) is 5.91 Å². The average Bonchev–Trinajstić information content (AvgIpc) is 3.02. The van der Waals surface area contributed by atoms with E-state index in [1.807, 2.05) is 0 Å². The number of halogens is 1. The summed E-state index contributed by atoms with van der Waals surface area (Å²) in [5.41, 5.74) is 1.78. The molecule has 0 atom stereocenters. The summed E-state index contributed by atoms with van der Waals surface area (Å²) in [5.74, 6) is -1.84. The van der Waals surface area contributed by atoms with Gasteiger partial charge in [-0.15, -0.1) is 0 Å². The molecule has 1 heterocycles. The molecule has 1 aromatic heterocycles. The van der Waals surface area contributed by atoms with Gasteiger partial charge >= 0.3 is 5.97 Å². The molecule has 0 bridgehead atoms. The number of anilines is 1. The second-order valence-electron chi connectivity index (χ2n) is 4.57. The number of esters is 1. The highest BCUT2D eigenvalue weighted by atomic mass is 32.1. The zero-order valence-electron chi connectivity index (χ0n) is 11.7. The average molecular weight is 331 g/mol. The Bertz CT molecular complexity index is 881. The first kappa shape index (κ1) is 15.0. The molecule has 116 valence electrons. The van der Waals surface area contributed by atoms with Crippen molar-refractivity contribution in [1.82, 2.24) is 8.75 Å². The Morgan fingerprint density at radius 3 is 2.83 bits per heavy atom. The van der Waals surface area contributed by atoms with E-state index in [1.165, 1.54) is 18.2 Å². The van der Waals surface area contributed by atoms with Crippen LogP contribution in [0.4, 0.5) is 10.1 Å². The minimum Gasteiger partial charge on any atom is -0.452 e. The van der Waals surface area contributed by atoms with Crippen LogP contribution in [0.3, 0.4) is 0 Å². The Morgan fingerprint density at radius 1 is 1.17 bits per heavy atom. The van der Waals surface area contributed by atoms with E-state index < -0.39 is 24.3 Å². The molecular weight excluding hydrogens is 321 g/mol. The number of carbonyl (C=O) groups excluding carboxylic acids is 2.